The van der Waals surface area contributed by atoms with Gasteiger partial charge in [-0.05, 0) is 13.1 Å². The molecule has 6 heavy (non-hydrogen) atoms. The highest BCUT2D eigenvalue weighted by Gasteiger charge is 1.52. The van der Waals surface area contributed by atoms with Crippen LogP contribution in [0.2, 0.25) is 0 Å². The van der Waals surface area contributed by atoms with Crippen LogP contribution in [0.15, 0.2) is 12.3 Å². The second-order valence-electron chi connectivity index (χ2n) is 0.811. The molecule has 0 atom stereocenters. The molecule has 2 N–H and O–H groups in total. The number of allylic oxidation sites excluding steroid dienone is 1. The largest absolute Gasteiger partial charge is 0.354 e. The fraction of sp³-hybridized carbons (Fsp3) is 0.250. The fourth-order valence-corrected chi connectivity index (χ4v) is 0.144. The zero-order valence-corrected chi connectivity index (χ0v) is 3.73. The van der Waals surface area contributed by atoms with Crippen molar-refractivity contribution in [1.29, 1.82) is 5.41 Å². The molecule has 0 aliphatic rings. The quantitative estimate of drug-likeness (QED) is 0.375. The van der Waals surface area contributed by atoms with Crippen LogP contribution in [-0.2, 0) is 0 Å². The van der Waals surface area contributed by atoms with Crippen molar-refractivity contribution in [1.82, 2.24) is 5.32 Å². The van der Waals surface area contributed by atoms with Crippen molar-refractivity contribution in [3.8, 4) is 0 Å². The maximum absolute atomic E-state index is 6.42. The van der Waals surface area contributed by atoms with E-state index >= 15 is 0 Å². The second kappa shape index (κ2) is 4.21. The van der Waals surface area contributed by atoms with E-state index in [1.165, 1.54) is 0 Å². The van der Waals surface area contributed by atoms with E-state index in [-0.39, 0.29) is 0 Å². The predicted octanol–water partition coefficient (Wildman–Crippen LogP) is 0.717. The summed E-state index contributed by atoms with van der Waals surface area (Å²) >= 11 is 0. The van der Waals surface area contributed by atoms with Crippen LogP contribution in [0.3, 0.4) is 0 Å². The molecule has 34 valence electrons. The van der Waals surface area contributed by atoms with Crippen molar-refractivity contribution in [2.45, 2.75) is 6.92 Å². The summed E-state index contributed by atoms with van der Waals surface area (Å²) in [5.41, 5.74) is 0. The summed E-state index contributed by atoms with van der Waals surface area (Å²) in [7, 11) is 0. The molecule has 0 rings (SSSR count). The summed E-state index contributed by atoms with van der Waals surface area (Å²) in [5, 5.41) is 8.98. The third-order valence-corrected chi connectivity index (χ3v) is 0.346. The minimum Gasteiger partial charge on any atom is -0.354 e. The normalized spacial score (nSPS) is 8.83. The molecule has 0 bridgehead atoms. The maximum atomic E-state index is 6.42. The average Bonchev–Trinajstić information content (AvgIpc) is 1.61. The molecule has 0 radical (unpaired) electrons. The van der Waals surface area contributed by atoms with Gasteiger partial charge in [0.2, 0.25) is 0 Å². The smallest absolute Gasteiger partial charge is 0.0830 e. The van der Waals surface area contributed by atoms with E-state index in [0.29, 0.717) is 0 Å². The van der Waals surface area contributed by atoms with Gasteiger partial charge < -0.3 is 5.32 Å². The monoisotopic (exact) mass is 84.1 g/mol. The Labute approximate surface area is 37.4 Å². The van der Waals surface area contributed by atoms with Gasteiger partial charge in [0.05, 0.1) is 6.34 Å². The molecule has 0 fully saturated rings. The standard InChI is InChI=1S/C4H8N2/c1-2-3-6-4-5/h2-4H,1H3,(H2,5,6)/b3-2-. The van der Waals surface area contributed by atoms with Crippen LogP contribution in [-0.4, -0.2) is 6.34 Å². The lowest BCUT2D eigenvalue weighted by Crippen LogP contribution is -1.96. The zero-order chi connectivity index (χ0) is 4.83. The Kier molecular flexibility index (Phi) is 3.66. The van der Waals surface area contributed by atoms with E-state index in [0.717, 1.165) is 6.34 Å². The van der Waals surface area contributed by atoms with Gasteiger partial charge in [-0.1, -0.05) is 6.08 Å². The van der Waals surface area contributed by atoms with Crippen LogP contribution in [0.25, 0.3) is 0 Å². The Morgan fingerprint density at radius 1 is 1.67 bits per heavy atom. The number of hydrogen-bond donors (Lipinski definition) is 2. The highest BCUT2D eigenvalue weighted by atomic mass is 14.8. The van der Waals surface area contributed by atoms with Gasteiger partial charge in [0.15, 0.2) is 0 Å². The molecule has 2 heteroatoms. The van der Waals surface area contributed by atoms with Gasteiger partial charge in [-0.2, -0.15) is 0 Å². The lowest BCUT2D eigenvalue weighted by Gasteiger charge is -1.77. The molecule has 0 aromatic rings. The minimum absolute atomic E-state index is 1.12. The predicted molar refractivity (Wildman–Crippen MR) is 26.7 cm³/mol. The van der Waals surface area contributed by atoms with Crippen LogP contribution in [0.1, 0.15) is 6.92 Å². The van der Waals surface area contributed by atoms with Crippen molar-refractivity contribution in [3.63, 3.8) is 0 Å². The Morgan fingerprint density at radius 2 is 2.33 bits per heavy atom. The van der Waals surface area contributed by atoms with Crippen LogP contribution in [0.5, 0.6) is 0 Å². The van der Waals surface area contributed by atoms with Crippen molar-refractivity contribution >= 4 is 6.34 Å². The molecule has 0 amide bonds. The Morgan fingerprint density at radius 3 is 2.50 bits per heavy atom. The lowest BCUT2D eigenvalue weighted by atomic mass is 10.7. The van der Waals surface area contributed by atoms with Gasteiger partial charge in [0, 0.05) is 0 Å². The summed E-state index contributed by atoms with van der Waals surface area (Å²) < 4.78 is 0. The average molecular weight is 84.1 g/mol. The molecule has 0 spiro atoms. The Balaban J connectivity index is 2.85. The van der Waals surface area contributed by atoms with Crippen molar-refractivity contribution in [2.75, 3.05) is 0 Å². The van der Waals surface area contributed by atoms with Gasteiger partial charge in [0.25, 0.3) is 0 Å². The lowest BCUT2D eigenvalue weighted by molar-refractivity contribution is 1.27. The third kappa shape index (κ3) is 3.21. The van der Waals surface area contributed by atoms with E-state index in [1.54, 1.807) is 6.20 Å². The van der Waals surface area contributed by atoms with E-state index in [9.17, 15) is 0 Å². The van der Waals surface area contributed by atoms with Crippen molar-refractivity contribution in [2.24, 2.45) is 0 Å². The molecule has 0 heterocycles. The van der Waals surface area contributed by atoms with E-state index in [1.807, 2.05) is 13.0 Å². The van der Waals surface area contributed by atoms with Crippen LogP contribution in [0, 0.1) is 5.41 Å². The first-order valence-corrected chi connectivity index (χ1v) is 1.78. The molecular formula is C4H8N2. The number of hydrogen-bond acceptors (Lipinski definition) is 1. The Hall–Kier alpha value is -0.790. The topological polar surface area (TPSA) is 35.9 Å². The molecule has 0 aromatic carbocycles. The molecule has 0 saturated heterocycles. The van der Waals surface area contributed by atoms with Gasteiger partial charge in [-0.3, -0.25) is 5.41 Å². The molecule has 0 saturated carbocycles. The van der Waals surface area contributed by atoms with Crippen LogP contribution in [0.4, 0.5) is 0 Å². The fourth-order valence-electron chi connectivity index (χ4n) is 0.144. The summed E-state index contributed by atoms with van der Waals surface area (Å²) in [6.45, 7) is 1.89. The first-order valence-electron chi connectivity index (χ1n) is 1.78. The highest BCUT2D eigenvalue weighted by Crippen LogP contribution is 1.54. The van der Waals surface area contributed by atoms with Gasteiger partial charge >= 0.3 is 0 Å². The highest BCUT2D eigenvalue weighted by molar-refractivity contribution is 5.51. The van der Waals surface area contributed by atoms with Gasteiger partial charge in [-0.25, -0.2) is 0 Å². The van der Waals surface area contributed by atoms with Gasteiger partial charge in [-0.15, -0.1) is 0 Å². The van der Waals surface area contributed by atoms with E-state index < -0.39 is 0 Å². The Bertz CT molecular complexity index is 56.6. The molecule has 0 aliphatic carbocycles. The van der Waals surface area contributed by atoms with Crippen LogP contribution >= 0.6 is 0 Å². The number of nitrogens with one attached hydrogen (secondary N) is 2. The summed E-state index contributed by atoms with van der Waals surface area (Å²) in [4.78, 5) is 0. The molecule has 2 nitrogen and oxygen atoms in total. The van der Waals surface area contributed by atoms with Crippen molar-refractivity contribution in [3.05, 3.63) is 12.3 Å². The molecule has 0 aromatic heterocycles. The second-order valence-corrected chi connectivity index (χ2v) is 0.811. The molecule has 0 unspecified atom stereocenters. The maximum Gasteiger partial charge on any atom is 0.0830 e. The summed E-state index contributed by atoms with van der Waals surface area (Å²) in [6.07, 6.45) is 4.64. The first kappa shape index (κ1) is 5.21. The number of rotatable bonds is 2. The molecule has 0 aliphatic heterocycles. The minimum atomic E-state index is 1.12. The molecular weight excluding hydrogens is 76.1 g/mol. The van der Waals surface area contributed by atoms with E-state index in [4.69, 9.17) is 5.41 Å². The third-order valence-electron chi connectivity index (χ3n) is 0.346. The summed E-state index contributed by atoms with van der Waals surface area (Å²) in [5.74, 6) is 0. The van der Waals surface area contributed by atoms with Gasteiger partial charge in [0.1, 0.15) is 0 Å². The van der Waals surface area contributed by atoms with Crippen molar-refractivity contribution < 1.29 is 0 Å². The SMILES string of the molecule is C/C=C\NC=N. The first-order chi connectivity index (χ1) is 2.91. The van der Waals surface area contributed by atoms with Crippen LogP contribution < -0.4 is 5.32 Å². The summed E-state index contributed by atoms with van der Waals surface area (Å²) in [6, 6.07) is 0. The van der Waals surface area contributed by atoms with E-state index in [2.05, 4.69) is 5.32 Å². The zero-order valence-electron chi connectivity index (χ0n) is 3.73.